The molecule has 3 rings (SSSR count). The number of rotatable bonds is 9. The molecule has 0 radical (unpaired) electrons. The Balaban J connectivity index is 1.90. The lowest BCUT2D eigenvalue weighted by molar-refractivity contribution is 0.352. The van der Waals surface area contributed by atoms with E-state index in [0.29, 0.717) is 46.0 Å². The molecule has 3 aromatic rings. The van der Waals surface area contributed by atoms with Crippen molar-refractivity contribution >= 4 is 11.6 Å². The van der Waals surface area contributed by atoms with Gasteiger partial charge in [0, 0.05) is 17.7 Å². The van der Waals surface area contributed by atoms with Gasteiger partial charge in [-0.05, 0) is 43.3 Å². The van der Waals surface area contributed by atoms with Crippen molar-refractivity contribution in [3.8, 4) is 34.5 Å². The van der Waals surface area contributed by atoms with Gasteiger partial charge >= 0.3 is 0 Å². The van der Waals surface area contributed by atoms with Gasteiger partial charge in [-0.2, -0.15) is 0 Å². The molecule has 0 atom stereocenters. The quantitative estimate of drug-likeness (QED) is 0.233. The van der Waals surface area contributed by atoms with Crippen LogP contribution in [0.25, 0.3) is 0 Å². The molecule has 172 valence electrons. The molecule has 0 amide bonds. The van der Waals surface area contributed by atoms with Gasteiger partial charge in [0.2, 0.25) is 5.90 Å². The third kappa shape index (κ3) is 6.20. The summed E-state index contributed by atoms with van der Waals surface area (Å²) in [6, 6.07) is 20.1. The summed E-state index contributed by atoms with van der Waals surface area (Å²) >= 11 is 0. The van der Waals surface area contributed by atoms with Gasteiger partial charge in [0.15, 0.2) is 23.0 Å². The molecule has 0 fully saturated rings. The van der Waals surface area contributed by atoms with Crippen molar-refractivity contribution in [3.63, 3.8) is 0 Å². The topological polar surface area (TPSA) is 67.7 Å². The van der Waals surface area contributed by atoms with Gasteiger partial charge in [0.1, 0.15) is 11.5 Å². The van der Waals surface area contributed by atoms with Gasteiger partial charge in [-0.3, -0.25) is 0 Å². The van der Waals surface area contributed by atoms with Crippen molar-refractivity contribution in [2.75, 3.05) is 28.4 Å². The van der Waals surface area contributed by atoms with E-state index in [2.05, 4.69) is 4.99 Å². The second-order valence-corrected chi connectivity index (χ2v) is 6.81. The monoisotopic (exact) mass is 449 g/mol. The average molecular weight is 450 g/mol. The van der Waals surface area contributed by atoms with Crippen LogP contribution >= 0.6 is 0 Å². The SMILES string of the molecule is COc1ccc(O/C=C(C)/C(=N/c2ccccc2)Oc2ccc(OC)c(OC)c2)cc1OC. The van der Waals surface area contributed by atoms with Crippen molar-refractivity contribution in [1.82, 2.24) is 0 Å². The van der Waals surface area contributed by atoms with E-state index < -0.39 is 0 Å². The Morgan fingerprint density at radius 1 is 0.667 bits per heavy atom. The maximum Gasteiger partial charge on any atom is 0.225 e. The molecule has 0 saturated carbocycles. The zero-order valence-corrected chi connectivity index (χ0v) is 19.3. The third-order valence-corrected chi connectivity index (χ3v) is 4.62. The fourth-order valence-electron chi connectivity index (χ4n) is 2.90. The Bertz CT molecular complexity index is 1120. The van der Waals surface area contributed by atoms with Crippen LogP contribution in [0.2, 0.25) is 0 Å². The first-order valence-electron chi connectivity index (χ1n) is 10.2. The molecule has 0 aliphatic rings. The van der Waals surface area contributed by atoms with Crippen LogP contribution in [-0.4, -0.2) is 34.3 Å². The predicted octanol–water partition coefficient (Wildman–Crippen LogP) is 5.81. The first-order chi connectivity index (χ1) is 16.1. The van der Waals surface area contributed by atoms with E-state index in [1.54, 1.807) is 71.1 Å². The van der Waals surface area contributed by atoms with Crippen LogP contribution in [-0.2, 0) is 0 Å². The molecule has 0 N–H and O–H groups in total. The minimum Gasteiger partial charge on any atom is -0.493 e. The zero-order valence-electron chi connectivity index (χ0n) is 19.3. The molecule has 0 aromatic heterocycles. The summed E-state index contributed by atoms with van der Waals surface area (Å²) in [5.74, 6) is 3.84. The first-order valence-corrected chi connectivity index (χ1v) is 10.2. The van der Waals surface area contributed by atoms with Crippen molar-refractivity contribution in [2.24, 2.45) is 4.99 Å². The Morgan fingerprint density at radius 3 is 1.79 bits per heavy atom. The molecular weight excluding hydrogens is 422 g/mol. The highest BCUT2D eigenvalue weighted by Gasteiger charge is 2.12. The third-order valence-electron chi connectivity index (χ3n) is 4.62. The largest absolute Gasteiger partial charge is 0.493 e. The first kappa shape index (κ1) is 23.5. The standard InChI is InChI=1S/C26H27NO6/c1-18(17-32-20-11-13-22(28-2)24(15-20)30-4)26(27-19-9-7-6-8-10-19)33-21-12-14-23(29-3)25(16-21)31-5/h6-17H,1-5H3/b18-17+,27-26-. The molecule has 0 bridgehead atoms. The van der Waals surface area contributed by atoms with Gasteiger partial charge in [-0.25, -0.2) is 4.99 Å². The molecule has 0 unspecified atom stereocenters. The van der Waals surface area contributed by atoms with Crippen LogP contribution in [0.3, 0.4) is 0 Å². The van der Waals surface area contributed by atoms with Crippen LogP contribution in [0.1, 0.15) is 6.92 Å². The molecule has 7 nitrogen and oxygen atoms in total. The molecule has 3 aromatic carbocycles. The fraction of sp³-hybridized carbons (Fsp3) is 0.192. The highest BCUT2D eigenvalue weighted by molar-refractivity contribution is 5.96. The Labute approximate surface area is 193 Å². The summed E-state index contributed by atoms with van der Waals surface area (Å²) < 4.78 is 33.2. The molecule has 0 aliphatic carbocycles. The smallest absolute Gasteiger partial charge is 0.225 e. The summed E-state index contributed by atoms with van der Waals surface area (Å²) in [6.07, 6.45) is 1.57. The number of aliphatic imine (C=N–C) groups is 1. The van der Waals surface area contributed by atoms with E-state index >= 15 is 0 Å². The molecule has 0 heterocycles. The van der Waals surface area contributed by atoms with Gasteiger partial charge < -0.3 is 28.4 Å². The molecule has 0 saturated heterocycles. The van der Waals surface area contributed by atoms with E-state index in [1.165, 1.54) is 0 Å². The van der Waals surface area contributed by atoms with E-state index in [9.17, 15) is 0 Å². The number of hydrogen-bond acceptors (Lipinski definition) is 7. The van der Waals surface area contributed by atoms with Crippen LogP contribution in [0, 0.1) is 0 Å². The molecular formula is C26H27NO6. The van der Waals surface area contributed by atoms with E-state index in [1.807, 2.05) is 37.3 Å². The Morgan fingerprint density at radius 2 is 1.21 bits per heavy atom. The molecule has 0 spiro atoms. The van der Waals surface area contributed by atoms with Crippen LogP contribution in [0.5, 0.6) is 34.5 Å². The lowest BCUT2D eigenvalue weighted by Crippen LogP contribution is -2.11. The van der Waals surface area contributed by atoms with Crippen molar-refractivity contribution < 1.29 is 28.4 Å². The van der Waals surface area contributed by atoms with Gasteiger partial charge in [-0.1, -0.05) is 18.2 Å². The number of nitrogens with zero attached hydrogens (tertiary/aromatic N) is 1. The van der Waals surface area contributed by atoms with Crippen molar-refractivity contribution in [3.05, 3.63) is 78.6 Å². The van der Waals surface area contributed by atoms with Gasteiger partial charge in [-0.15, -0.1) is 0 Å². The summed E-state index contributed by atoms with van der Waals surface area (Å²) in [5, 5.41) is 0. The fourth-order valence-corrected chi connectivity index (χ4v) is 2.90. The minimum absolute atomic E-state index is 0.369. The maximum absolute atomic E-state index is 6.11. The second-order valence-electron chi connectivity index (χ2n) is 6.81. The van der Waals surface area contributed by atoms with E-state index in [-0.39, 0.29) is 0 Å². The lowest BCUT2D eigenvalue weighted by atomic mass is 10.2. The number of methoxy groups -OCH3 is 4. The molecule has 33 heavy (non-hydrogen) atoms. The summed E-state index contributed by atoms with van der Waals surface area (Å²) in [5.41, 5.74) is 1.41. The van der Waals surface area contributed by atoms with Crippen LogP contribution in [0.15, 0.2) is 83.6 Å². The lowest BCUT2D eigenvalue weighted by Gasteiger charge is -2.13. The maximum atomic E-state index is 6.11. The number of ether oxygens (including phenoxy) is 6. The summed E-state index contributed by atoms with van der Waals surface area (Å²) in [6.45, 7) is 1.85. The summed E-state index contributed by atoms with van der Waals surface area (Å²) in [7, 11) is 6.31. The van der Waals surface area contributed by atoms with Crippen LogP contribution < -0.4 is 28.4 Å². The highest BCUT2D eigenvalue weighted by Crippen LogP contribution is 2.32. The Kier molecular flexibility index (Phi) is 8.18. The van der Waals surface area contributed by atoms with Gasteiger partial charge in [0.25, 0.3) is 0 Å². The van der Waals surface area contributed by atoms with Gasteiger partial charge in [0.05, 0.1) is 40.4 Å². The average Bonchev–Trinajstić information content (AvgIpc) is 2.87. The number of hydrogen-bond donors (Lipinski definition) is 0. The minimum atomic E-state index is 0.369. The van der Waals surface area contributed by atoms with E-state index in [4.69, 9.17) is 28.4 Å². The normalized spacial score (nSPS) is 11.5. The molecule has 0 aliphatic heterocycles. The zero-order chi connectivity index (χ0) is 23.6. The Hall–Kier alpha value is -4.13. The van der Waals surface area contributed by atoms with E-state index in [0.717, 1.165) is 5.69 Å². The summed E-state index contributed by atoms with van der Waals surface area (Å²) in [4.78, 5) is 4.65. The number of benzene rings is 3. The second kappa shape index (κ2) is 11.5. The van der Waals surface area contributed by atoms with Crippen molar-refractivity contribution in [2.45, 2.75) is 6.92 Å². The number of para-hydroxylation sites is 1. The van der Waals surface area contributed by atoms with Crippen LogP contribution in [0.4, 0.5) is 5.69 Å². The highest BCUT2D eigenvalue weighted by atomic mass is 16.5. The predicted molar refractivity (Wildman–Crippen MR) is 128 cm³/mol. The van der Waals surface area contributed by atoms with Crippen molar-refractivity contribution in [1.29, 1.82) is 0 Å². The molecule has 7 heteroatoms.